The molecule has 2 aromatic carbocycles. The van der Waals surface area contributed by atoms with Crippen molar-refractivity contribution >= 4 is 16.7 Å². The van der Waals surface area contributed by atoms with Gasteiger partial charge in [0.1, 0.15) is 17.1 Å². The molecule has 1 aliphatic carbocycles. The van der Waals surface area contributed by atoms with Crippen molar-refractivity contribution in [3.05, 3.63) is 53.6 Å². The van der Waals surface area contributed by atoms with E-state index in [1.807, 2.05) is 0 Å². The van der Waals surface area contributed by atoms with Crippen LogP contribution in [0.1, 0.15) is 49.9 Å². The molecule has 0 saturated heterocycles. The lowest BCUT2D eigenvalue weighted by Gasteiger charge is -2.30. The van der Waals surface area contributed by atoms with E-state index in [1.165, 1.54) is 24.3 Å². The van der Waals surface area contributed by atoms with Crippen molar-refractivity contribution in [3.8, 4) is 11.1 Å². The monoisotopic (exact) mass is 417 g/mol. The number of halogens is 4. The second kappa shape index (κ2) is 6.82. The van der Waals surface area contributed by atoms with Gasteiger partial charge in [-0.3, -0.25) is 0 Å². The minimum Gasteiger partial charge on any atom is -0.388 e. The van der Waals surface area contributed by atoms with Crippen LogP contribution in [-0.4, -0.2) is 21.3 Å². The second-order valence-corrected chi connectivity index (χ2v) is 8.03. The lowest BCUT2D eigenvalue weighted by molar-refractivity contribution is -0.136. The Labute approximate surface area is 169 Å². The molecule has 1 fully saturated rings. The molecule has 0 atom stereocenters. The molecule has 3 aromatic rings. The highest BCUT2D eigenvalue weighted by molar-refractivity contribution is 6.01. The van der Waals surface area contributed by atoms with Gasteiger partial charge in [-0.2, -0.15) is 13.2 Å². The molecule has 30 heavy (non-hydrogen) atoms. The Kier molecular flexibility index (Phi) is 4.34. The maximum absolute atomic E-state index is 14.2. The number of fused-ring (bicyclic) bond motifs is 1. The van der Waals surface area contributed by atoms with Crippen molar-refractivity contribution in [2.24, 2.45) is 5.16 Å². The van der Waals surface area contributed by atoms with Gasteiger partial charge >= 0.3 is 6.18 Å². The Morgan fingerprint density at radius 3 is 2.53 bits per heavy atom. The highest BCUT2D eigenvalue weighted by atomic mass is 19.4. The molecule has 2 heterocycles. The third kappa shape index (κ3) is 3.24. The maximum Gasteiger partial charge on any atom is 0.418 e. The summed E-state index contributed by atoms with van der Waals surface area (Å²) in [4.78, 5) is 12.9. The van der Waals surface area contributed by atoms with Gasteiger partial charge in [0, 0.05) is 12.0 Å². The van der Waals surface area contributed by atoms with Crippen LogP contribution in [0.2, 0.25) is 0 Å². The Morgan fingerprint density at radius 1 is 1.03 bits per heavy atom. The number of alkyl halides is 3. The first-order chi connectivity index (χ1) is 14.3. The molecule has 1 aromatic heterocycles. The van der Waals surface area contributed by atoms with Crippen molar-refractivity contribution in [2.75, 3.05) is 0 Å². The molecular formula is C22H19F4N3O. The normalized spacial score (nSPS) is 18.6. The number of nitrogens with zero attached hydrogens (tertiary/aromatic N) is 2. The molecule has 0 radical (unpaired) electrons. The number of hydrogen-bond acceptors (Lipinski definition) is 3. The summed E-state index contributed by atoms with van der Waals surface area (Å²) in [6.45, 7) is 0. The third-order valence-electron chi connectivity index (χ3n) is 5.96. The first kappa shape index (κ1) is 19.1. The molecule has 2 aliphatic rings. The van der Waals surface area contributed by atoms with Gasteiger partial charge in [0.2, 0.25) is 0 Å². The minimum absolute atomic E-state index is 0.0946. The quantitative estimate of drug-likeness (QED) is 0.504. The summed E-state index contributed by atoms with van der Waals surface area (Å²) in [6.07, 6.45) is 0.909. The zero-order valence-corrected chi connectivity index (χ0v) is 16.0. The molecule has 1 N–H and O–H groups in total. The molecule has 5 rings (SSSR count). The summed E-state index contributed by atoms with van der Waals surface area (Å²) >= 11 is 0. The lowest BCUT2D eigenvalue weighted by Crippen LogP contribution is -2.31. The Morgan fingerprint density at radius 2 is 1.80 bits per heavy atom. The Bertz CT molecular complexity index is 1140. The average molecular weight is 417 g/mol. The smallest absolute Gasteiger partial charge is 0.388 e. The molecule has 1 spiro atoms. The molecule has 156 valence electrons. The average Bonchev–Trinajstić information content (AvgIpc) is 3.32. The summed E-state index contributed by atoms with van der Waals surface area (Å²) in [5, 5.41) is 4.15. The van der Waals surface area contributed by atoms with Crippen LogP contribution in [0.3, 0.4) is 0 Å². The molecule has 4 nitrogen and oxygen atoms in total. The number of aromatic nitrogens is 2. The second-order valence-electron chi connectivity index (χ2n) is 8.03. The van der Waals surface area contributed by atoms with E-state index >= 15 is 0 Å². The van der Waals surface area contributed by atoms with E-state index in [-0.39, 0.29) is 33.6 Å². The number of hydrogen-bond donors (Lipinski definition) is 1. The summed E-state index contributed by atoms with van der Waals surface area (Å²) in [5.74, 6) is -0.322. The highest BCUT2D eigenvalue weighted by Gasteiger charge is 2.41. The van der Waals surface area contributed by atoms with Crippen LogP contribution in [0, 0.1) is 5.82 Å². The van der Waals surface area contributed by atoms with Gasteiger partial charge in [0.05, 0.1) is 16.6 Å². The van der Waals surface area contributed by atoms with Crippen LogP contribution in [0.5, 0.6) is 0 Å². The number of imidazole rings is 1. The largest absolute Gasteiger partial charge is 0.418 e. The van der Waals surface area contributed by atoms with Gasteiger partial charge < -0.3 is 9.82 Å². The van der Waals surface area contributed by atoms with Gasteiger partial charge in [-0.05, 0) is 49.4 Å². The zero-order chi connectivity index (χ0) is 20.9. The van der Waals surface area contributed by atoms with Crippen molar-refractivity contribution in [1.82, 2.24) is 9.97 Å². The van der Waals surface area contributed by atoms with E-state index in [1.54, 1.807) is 6.07 Å². The molecule has 0 amide bonds. The Balaban J connectivity index is 1.59. The number of oxime groups is 1. The summed E-state index contributed by atoms with van der Waals surface area (Å²) in [7, 11) is 0. The topological polar surface area (TPSA) is 50.3 Å². The molecule has 1 aliphatic heterocycles. The number of nitrogens with one attached hydrogen (secondary N) is 1. The lowest BCUT2D eigenvalue weighted by atomic mass is 9.81. The fraction of sp³-hybridized carbons (Fsp3) is 0.364. The van der Waals surface area contributed by atoms with Crippen LogP contribution in [0.25, 0.3) is 22.2 Å². The fourth-order valence-corrected chi connectivity index (χ4v) is 4.44. The number of aromatic amines is 1. The number of benzene rings is 2. The summed E-state index contributed by atoms with van der Waals surface area (Å²) in [5.41, 5.74) is -0.526. The first-order valence-electron chi connectivity index (χ1n) is 9.96. The van der Waals surface area contributed by atoms with E-state index < -0.39 is 17.6 Å². The highest BCUT2D eigenvalue weighted by Crippen LogP contribution is 2.41. The van der Waals surface area contributed by atoms with Crippen molar-refractivity contribution in [1.29, 1.82) is 0 Å². The maximum atomic E-state index is 14.2. The molecule has 0 bridgehead atoms. The van der Waals surface area contributed by atoms with E-state index in [9.17, 15) is 17.6 Å². The SMILES string of the molecule is Fc1ccccc1-c1cc(C(F)(F)F)c2[nH]c(C3=NOC4(CCCCC4)C3)nc2c1. The predicted octanol–water partition coefficient (Wildman–Crippen LogP) is 6.22. The first-order valence-corrected chi connectivity index (χ1v) is 9.96. The standard InChI is InChI=1S/C22H19F4N3O/c23-16-7-3-2-6-14(16)13-10-15(22(24,25)26)19-17(11-13)27-20(28-19)18-12-21(30-29-18)8-4-1-5-9-21/h2-3,6-7,10-11H,1,4-5,8-9,12H2,(H,27,28). The Hall–Kier alpha value is -2.90. The van der Waals surface area contributed by atoms with Gasteiger partial charge in [0.25, 0.3) is 0 Å². The van der Waals surface area contributed by atoms with Crippen molar-refractivity contribution in [3.63, 3.8) is 0 Å². The molecule has 0 unspecified atom stereocenters. The minimum atomic E-state index is -4.62. The van der Waals surface area contributed by atoms with E-state index in [0.29, 0.717) is 12.1 Å². The summed E-state index contributed by atoms with van der Waals surface area (Å²) in [6, 6.07) is 8.17. The third-order valence-corrected chi connectivity index (χ3v) is 5.96. The van der Waals surface area contributed by atoms with E-state index in [4.69, 9.17) is 4.84 Å². The van der Waals surface area contributed by atoms with Crippen LogP contribution < -0.4 is 0 Å². The van der Waals surface area contributed by atoms with Crippen molar-refractivity contribution in [2.45, 2.75) is 50.3 Å². The molecule has 8 heteroatoms. The van der Waals surface area contributed by atoms with Crippen molar-refractivity contribution < 1.29 is 22.4 Å². The van der Waals surface area contributed by atoms with Gasteiger partial charge in [-0.15, -0.1) is 0 Å². The van der Waals surface area contributed by atoms with Crippen LogP contribution in [0.15, 0.2) is 41.6 Å². The van der Waals surface area contributed by atoms with E-state index in [0.717, 1.165) is 38.2 Å². The van der Waals surface area contributed by atoms with Crippen LogP contribution in [-0.2, 0) is 11.0 Å². The number of rotatable bonds is 2. The fourth-order valence-electron chi connectivity index (χ4n) is 4.44. The van der Waals surface area contributed by atoms with E-state index in [2.05, 4.69) is 15.1 Å². The summed E-state index contributed by atoms with van der Waals surface area (Å²) < 4.78 is 55.6. The molecular weight excluding hydrogens is 398 g/mol. The zero-order valence-electron chi connectivity index (χ0n) is 16.0. The predicted molar refractivity (Wildman–Crippen MR) is 105 cm³/mol. The van der Waals surface area contributed by atoms with Gasteiger partial charge in [-0.25, -0.2) is 9.37 Å². The van der Waals surface area contributed by atoms with Crippen LogP contribution in [0.4, 0.5) is 17.6 Å². The van der Waals surface area contributed by atoms with Gasteiger partial charge in [-0.1, -0.05) is 29.8 Å². The van der Waals surface area contributed by atoms with Gasteiger partial charge in [0.15, 0.2) is 5.82 Å². The van der Waals surface area contributed by atoms with Crippen LogP contribution >= 0.6 is 0 Å². The molecule has 1 saturated carbocycles. The number of H-pyrrole nitrogens is 1.